The first-order chi connectivity index (χ1) is 26.2. The minimum atomic E-state index is -0.536. The van der Waals surface area contributed by atoms with E-state index in [1.54, 1.807) is 0 Å². The summed E-state index contributed by atoms with van der Waals surface area (Å²) in [6.45, 7) is 5.35. The van der Waals surface area contributed by atoms with Crippen LogP contribution in [-0.2, 0) is 14.3 Å². The number of ether oxygens (including phenoxy) is 2. The summed E-state index contributed by atoms with van der Waals surface area (Å²) in [6.07, 6.45) is 59.3. The molecule has 4 heteroatoms. The molecule has 1 N–H and O–H groups in total. The molecular weight excluding hydrogens is 653 g/mol. The minimum Gasteiger partial charge on any atom is -0.457 e. The van der Waals surface area contributed by atoms with E-state index in [4.69, 9.17) is 9.47 Å². The van der Waals surface area contributed by atoms with E-state index in [1.165, 1.54) is 199 Å². The van der Waals surface area contributed by atoms with Gasteiger partial charge in [0.15, 0.2) is 0 Å². The van der Waals surface area contributed by atoms with E-state index >= 15 is 0 Å². The number of aliphatic hydroxyl groups is 1. The zero-order chi connectivity index (χ0) is 38.4. The number of carbonyl (C=O) groups excluding carboxylic acids is 1. The first-order valence-corrected chi connectivity index (χ1v) is 23.6. The molecule has 312 valence electrons. The minimum absolute atomic E-state index is 0.172. The molecule has 0 aliphatic carbocycles. The third kappa shape index (κ3) is 44.9. The highest BCUT2D eigenvalue weighted by Crippen LogP contribution is 2.14. The van der Waals surface area contributed by atoms with Gasteiger partial charge in [-0.05, 0) is 70.6 Å². The van der Waals surface area contributed by atoms with Gasteiger partial charge in [-0.15, -0.1) is 0 Å². The normalized spacial score (nSPS) is 12.6. The lowest BCUT2D eigenvalue weighted by molar-refractivity contribution is -0.154. The first-order valence-electron chi connectivity index (χ1n) is 23.6. The van der Waals surface area contributed by atoms with Gasteiger partial charge in [0, 0.05) is 13.0 Å². The Bertz CT molecular complexity index is 787. The Morgan fingerprint density at radius 1 is 0.453 bits per heavy atom. The summed E-state index contributed by atoms with van der Waals surface area (Å²) in [6, 6.07) is 0. The molecule has 1 unspecified atom stereocenters. The molecule has 0 saturated heterocycles. The van der Waals surface area contributed by atoms with Gasteiger partial charge < -0.3 is 14.6 Å². The summed E-state index contributed by atoms with van der Waals surface area (Å²) in [7, 11) is 0. The van der Waals surface area contributed by atoms with Crippen LogP contribution in [0.2, 0.25) is 0 Å². The van der Waals surface area contributed by atoms with E-state index in [2.05, 4.69) is 50.3 Å². The molecule has 0 aromatic carbocycles. The lowest BCUT2D eigenvalue weighted by Gasteiger charge is -2.16. The molecule has 0 fully saturated rings. The van der Waals surface area contributed by atoms with E-state index in [9.17, 15) is 9.90 Å². The van der Waals surface area contributed by atoms with Crippen LogP contribution in [-0.4, -0.2) is 37.0 Å². The van der Waals surface area contributed by atoms with Crippen LogP contribution in [0, 0.1) is 0 Å². The Morgan fingerprint density at radius 3 is 1.19 bits per heavy atom. The summed E-state index contributed by atoms with van der Waals surface area (Å²) in [5.41, 5.74) is 0. The topological polar surface area (TPSA) is 55.8 Å². The molecule has 0 saturated carbocycles. The van der Waals surface area contributed by atoms with Gasteiger partial charge in [-0.25, -0.2) is 0 Å². The number of aliphatic hydroxyl groups excluding tert-OH is 1. The lowest BCUT2D eigenvalue weighted by Crippen LogP contribution is -2.27. The smallest absolute Gasteiger partial charge is 0.306 e. The fourth-order valence-electron chi connectivity index (χ4n) is 6.88. The van der Waals surface area contributed by atoms with Gasteiger partial charge in [-0.3, -0.25) is 4.79 Å². The zero-order valence-corrected chi connectivity index (χ0v) is 35.8. The van der Waals surface area contributed by atoms with E-state index in [0.29, 0.717) is 19.6 Å². The van der Waals surface area contributed by atoms with Crippen molar-refractivity contribution in [3.05, 3.63) is 36.5 Å². The summed E-state index contributed by atoms with van der Waals surface area (Å²) >= 11 is 0. The highest BCUT2D eigenvalue weighted by molar-refractivity contribution is 5.69. The molecule has 0 amide bonds. The monoisotopic (exact) mass is 745 g/mol. The highest BCUT2D eigenvalue weighted by atomic mass is 16.6. The first kappa shape index (κ1) is 51.6. The molecule has 4 nitrogen and oxygen atoms in total. The van der Waals surface area contributed by atoms with E-state index in [-0.39, 0.29) is 12.6 Å². The van der Waals surface area contributed by atoms with Crippen LogP contribution < -0.4 is 0 Å². The molecule has 0 rings (SSSR count). The van der Waals surface area contributed by atoms with Gasteiger partial charge in [-0.2, -0.15) is 0 Å². The largest absolute Gasteiger partial charge is 0.457 e. The molecule has 0 aromatic heterocycles. The van der Waals surface area contributed by atoms with Gasteiger partial charge in [0.05, 0.1) is 13.2 Å². The van der Waals surface area contributed by atoms with Crippen molar-refractivity contribution in [3.8, 4) is 0 Å². The van der Waals surface area contributed by atoms with Crippen molar-refractivity contribution in [2.24, 2.45) is 0 Å². The van der Waals surface area contributed by atoms with Crippen molar-refractivity contribution in [2.75, 3.05) is 19.8 Å². The SMILES string of the molecule is CCCCCCC/C=C\C/C=C\CCCCCCCCCCCCOCC(CO)OC(=O)CCCCCCCCCCC/C=C\CCCCCCCC. The lowest BCUT2D eigenvalue weighted by atomic mass is 10.1. The summed E-state index contributed by atoms with van der Waals surface area (Å²) in [4.78, 5) is 12.2. The Kier molecular flexibility index (Phi) is 45.5. The maximum atomic E-state index is 12.2. The highest BCUT2D eigenvalue weighted by Gasteiger charge is 2.13. The Hall–Kier alpha value is -1.39. The van der Waals surface area contributed by atoms with Gasteiger partial charge in [0.1, 0.15) is 6.10 Å². The predicted octanol–water partition coefficient (Wildman–Crippen LogP) is 15.7. The number of esters is 1. The second kappa shape index (κ2) is 46.8. The average molecular weight is 745 g/mol. The maximum Gasteiger partial charge on any atom is 0.306 e. The molecule has 0 bridgehead atoms. The van der Waals surface area contributed by atoms with Crippen molar-refractivity contribution in [1.82, 2.24) is 0 Å². The third-order valence-corrected chi connectivity index (χ3v) is 10.4. The molecule has 1 atom stereocenters. The van der Waals surface area contributed by atoms with Crippen molar-refractivity contribution in [1.29, 1.82) is 0 Å². The molecule has 0 radical (unpaired) electrons. The van der Waals surface area contributed by atoms with Crippen LogP contribution >= 0.6 is 0 Å². The van der Waals surface area contributed by atoms with Crippen LogP contribution in [0.3, 0.4) is 0 Å². The van der Waals surface area contributed by atoms with Crippen LogP contribution in [0.25, 0.3) is 0 Å². The molecule has 0 aromatic rings. The van der Waals surface area contributed by atoms with E-state index < -0.39 is 6.10 Å². The fraction of sp³-hybridized carbons (Fsp3) is 0.857. The predicted molar refractivity (Wildman–Crippen MR) is 233 cm³/mol. The molecule has 0 spiro atoms. The summed E-state index contributed by atoms with van der Waals surface area (Å²) < 4.78 is 11.2. The fourth-order valence-corrected chi connectivity index (χ4v) is 6.88. The van der Waals surface area contributed by atoms with Crippen molar-refractivity contribution in [3.63, 3.8) is 0 Å². The molecule has 53 heavy (non-hydrogen) atoms. The number of unbranched alkanes of at least 4 members (excludes halogenated alkanes) is 30. The Morgan fingerprint density at radius 2 is 0.792 bits per heavy atom. The van der Waals surface area contributed by atoms with Crippen LogP contribution in [0.5, 0.6) is 0 Å². The van der Waals surface area contributed by atoms with Gasteiger partial charge >= 0.3 is 5.97 Å². The standard InChI is InChI=1S/C49H92O4/c1-3-5-7-9-11-13-15-17-19-21-23-24-25-27-29-31-33-35-37-39-41-43-45-52-47-48(46-50)53-49(51)44-42-40-38-36-34-32-30-28-26-22-20-18-16-14-12-10-8-6-4-2/h15,17-18,20-21,23,48,50H,3-14,16,19,22,24-47H2,1-2H3/b17-15-,20-18-,23-21-. The average Bonchev–Trinajstić information content (AvgIpc) is 3.16. The van der Waals surface area contributed by atoms with E-state index in [1.807, 2.05) is 0 Å². The molecule has 0 aliphatic rings. The third-order valence-electron chi connectivity index (χ3n) is 10.4. The summed E-state index contributed by atoms with van der Waals surface area (Å²) in [5.74, 6) is -0.201. The number of rotatable bonds is 44. The van der Waals surface area contributed by atoms with Crippen LogP contribution in [0.1, 0.15) is 245 Å². The van der Waals surface area contributed by atoms with Gasteiger partial charge in [-0.1, -0.05) is 204 Å². The number of allylic oxidation sites excluding steroid dienone is 6. The molecular formula is C49H92O4. The second-order valence-corrected chi connectivity index (χ2v) is 15.8. The second-order valence-electron chi connectivity index (χ2n) is 15.8. The number of hydrogen-bond acceptors (Lipinski definition) is 4. The number of carbonyl (C=O) groups is 1. The van der Waals surface area contributed by atoms with Crippen molar-refractivity contribution in [2.45, 2.75) is 251 Å². The van der Waals surface area contributed by atoms with Gasteiger partial charge in [0.25, 0.3) is 0 Å². The van der Waals surface area contributed by atoms with Crippen molar-refractivity contribution < 1.29 is 19.4 Å². The van der Waals surface area contributed by atoms with Gasteiger partial charge in [0.2, 0.25) is 0 Å². The molecule has 0 heterocycles. The van der Waals surface area contributed by atoms with E-state index in [0.717, 1.165) is 25.7 Å². The van der Waals surface area contributed by atoms with Crippen LogP contribution in [0.15, 0.2) is 36.5 Å². The van der Waals surface area contributed by atoms with Crippen molar-refractivity contribution >= 4 is 5.97 Å². The maximum absolute atomic E-state index is 12.2. The number of hydrogen-bond donors (Lipinski definition) is 1. The Balaban J connectivity index is 3.41. The summed E-state index contributed by atoms with van der Waals surface area (Å²) in [5, 5.41) is 9.63. The molecule has 0 aliphatic heterocycles. The quantitative estimate of drug-likeness (QED) is 0.0383. The zero-order valence-electron chi connectivity index (χ0n) is 35.8. The Labute approximate surface area is 331 Å². The van der Waals surface area contributed by atoms with Crippen LogP contribution in [0.4, 0.5) is 0 Å².